The lowest BCUT2D eigenvalue weighted by Crippen LogP contribution is -2.51. The van der Waals surface area contributed by atoms with Crippen molar-refractivity contribution in [2.75, 3.05) is 33.4 Å². The molecule has 0 unspecified atom stereocenters. The van der Waals surface area contributed by atoms with Gasteiger partial charge in [-0.05, 0) is 70.0 Å². The molecule has 7 nitrogen and oxygen atoms in total. The largest absolute Gasteiger partial charge is 0.496 e. The van der Waals surface area contributed by atoms with Crippen molar-refractivity contribution in [3.63, 3.8) is 0 Å². The number of nitrogens with zero attached hydrogens (tertiary/aromatic N) is 3. The number of hydrogen-bond donors (Lipinski definition) is 1. The van der Waals surface area contributed by atoms with E-state index in [4.69, 9.17) is 9.47 Å². The van der Waals surface area contributed by atoms with Crippen LogP contribution in [0, 0.1) is 17.1 Å². The highest BCUT2D eigenvalue weighted by molar-refractivity contribution is 6.11. The highest BCUT2D eigenvalue weighted by atomic mass is 19.1. The Morgan fingerprint density at radius 2 is 1.94 bits per heavy atom. The van der Waals surface area contributed by atoms with E-state index in [2.05, 4.69) is 16.0 Å². The third-order valence-corrected chi connectivity index (χ3v) is 7.91. The number of halogens is 1. The van der Waals surface area contributed by atoms with E-state index in [1.807, 2.05) is 24.5 Å². The zero-order chi connectivity index (χ0) is 25.1. The third-order valence-electron chi connectivity index (χ3n) is 7.91. The molecule has 6 rings (SSSR count). The van der Waals surface area contributed by atoms with Gasteiger partial charge in [0.15, 0.2) is 11.2 Å². The van der Waals surface area contributed by atoms with Gasteiger partial charge in [-0.1, -0.05) is 0 Å². The first kappa shape index (κ1) is 23.0. The predicted molar refractivity (Wildman–Crippen MR) is 137 cm³/mol. The first-order chi connectivity index (χ1) is 17.4. The van der Waals surface area contributed by atoms with Gasteiger partial charge < -0.3 is 19.0 Å². The summed E-state index contributed by atoms with van der Waals surface area (Å²) < 4.78 is 29.6. The van der Waals surface area contributed by atoms with Gasteiger partial charge in [0, 0.05) is 22.4 Å². The zero-order valence-corrected chi connectivity index (χ0v) is 20.7. The first-order valence-electron chi connectivity index (χ1n) is 12.5. The predicted octanol–water partition coefficient (Wildman–Crippen LogP) is 4.81. The van der Waals surface area contributed by atoms with Gasteiger partial charge >= 0.3 is 0 Å². The van der Waals surface area contributed by atoms with E-state index in [-0.39, 0.29) is 23.2 Å². The number of benzene rings is 2. The number of nitrogens with one attached hydrogen (secondary N) is 1. The lowest BCUT2D eigenvalue weighted by atomic mass is 9.87. The van der Waals surface area contributed by atoms with Crippen molar-refractivity contribution < 1.29 is 13.9 Å². The molecule has 186 valence electrons. The quantitative estimate of drug-likeness (QED) is 0.446. The molecule has 0 amide bonds. The van der Waals surface area contributed by atoms with Crippen molar-refractivity contribution in [3.05, 3.63) is 51.4 Å². The van der Waals surface area contributed by atoms with E-state index >= 15 is 4.39 Å². The molecule has 2 aliphatic rings. The third kappa shape index (κ3) is 3.34. The molecule has 0 radical (unpaired) electrons. The Labute approximate surface area is 208 Å². The summed E-state index contributed by atoms with van der Waals surface area (Å²) in [5.41, 5.74) is 2.43. The molecular weight excluding hydrogens is 459 g/mol. The molecule has 2 aromatic heterocycles. The summed E-state index contributed by atoms with van der Waals surface area (Å²) in [6.45, 7) is 7.32. The molecular formula is C28H29FN4O3. The van der Waals surface area contributed by atoms with Crippen molar-refractivity contribution in [3.8, 4) is 11.8 Å². The number of methoxy groups -OCH3 is 1. The van der Waals surface area contributed by atoms with Crippen molar-refractivity contribution in [1.29, 1.82) is 5.26 Å². The summed E-state index contributed by atoms with van der Waals surface area (Å²) in [4.78, 5) is 19.5. The second-order valence-electron chi connectivity index (χ2n) is 10.2. The molecule has 36 heavy (non-hydrogen) atoms. The molecule has 0 spiro atoms. The summed E-state index contributed by atoms with van der Waals surface area (Å²) in [6, 6.07) is 9.29. The van der Waals surface area contributed by atoms with Crippen LogP contribution in [0.5, 0.6) is 5.75 Å². The van der Waals surface area contributed by atoms with Crippen LogP contribution < -0.4 is 10.2 Å². The van der Waals surface area contributed by atoms with Crippen LogP contribution in [0.2, 0.25) is 0 Å². The van der Waals surface area contributed by atoms with Crippen LogP contribution in [0.3, 0.4) is 0 Å². The van der Waals surface area contributed by atoms with Gasteiger partial charge in [-0.2, -0.15) is 5.26 Å². The highest BCUT2D eigenvalue weighted by Gasteiger charge is 2.34. The normalized spacial score (nSPS) is 17.8. The second kappa shape index (κ2) is 8.61. The first-order valence-corrected chi connectivity index (χ1v) is 12.5. The number of pyridine rings is 1. The van der Waals surface area contributed by atoms with Gasteiger partial charge in [0.25, 0.3) is 0 Å². The Bertz CT molecular complexity index is 1600. The number of rotatable bonds is 4. The van der Waals surface area contributed by atoms with Gasteiger partial charge in [-0.15, -0.1) is 0 Å². The molecule has 2 saturated heterocycles. The molecule has 0 saturated carbocycles. The number of aromatic amines is 1. The van der Waals surface area contributed by atoms with Crippen LogP contribution in [0.15, 0.2) is 29.1 Å². The van der Waals surface area contributed by atoms with E-state index in [0.717, 1.165) is 39.1 Å². The minimum atomic E-state index is -0.311. The van der Waals surface area contributed by atoms with Crippen molar-refractivity contribution in [2.45, 2.75) is 44.7 Å². The molecule has 4 aromatic rings. The number of hydrogen-bond acceptors (Lipinski definition) is 5. The Balaban J connectivity index is 1.58. The zero-order valence-electron chi connectivity index (χ0n) is 20.7. The summed E-state index contributed by atoms with van der Waals surface area (Å²) in [7, 11) is 1.57. The maximum absolute atomic E-state index is 16.6. The number of likely N-dealkylation sites (tertiary alicyclic amines) is 1. The summed E-state index contributed by atoms with van der Waals surface area (Å²) >= 11 is 0. The van der Waals surface area contributed by atoms with E-state index in [1.165, 1.54) is 0 Å². The number of H-pyrrole nitrogens is 1. The van der Waals surface area contributed by atoms with Crippen molar-refractivity contribution in [2.24, 2.45) is 0 Å². The van der Waals surface area contributed by atoms with E-state index in [9.17, 15) is 10.1 Å². The van der Waals surface area contributed by atoms with Crippen LogP contribution in [-0.2, 0) is 4.74 Å². The van der Waals surface area contributed by atoms with Gasteiger partial charge in [0.1, 0.15) is 11.4 Å². The number of fused-ring (bicyclic) bond motifs is 4. The minimum absolute atomic E-state index is 0.0354. The highest BCUT2D eigenvalue weighted by Crippen LogP contribution is 2.43. The van der Waals surface area contributed by atoms with Gasteiger partial charge in [-0.25, -0.2) is 4.39 Å². The van der Waals surface area contributed by atoms with Crippen LogP contribution in [0.4, 0.5) is 4.39 Å². The number of nitriles is 1. The fourth-order valence-corrected chi connectivity index (χ4v) is 6.00. The fraction of sp³-hybridized carbons (Fsp3) is 0.429. The molecule has 4 heterocycles. The van der Waals surface area contributed by atoms with E-state index in [0.29, 0.717) is 55.8 Å². The van der Waals surface area contributed by atoms with E-state index < -0.39 is 0 Å². The summed E-state index contributed by atoms with van der Waals surface area (Å²) in [6.07, 6.45) is 1.69. The van der Waals surface area contributed by atoms with Crippen LogP contribution >= 0.6 is 0 Å². The number of aromatic nitrogens is 2. The second-order valence-corrected chi connectivity index (χ2v) is 10.2. The molecule has 2 fully saturated rings. The SMILES string of the molecule is COc1cc2c3c(=O)c4ccc(C#N)cc4[nH]c3n(C(C)C)c2c(F)c1C1CCN(C2COC2)CC1. The molecule has 0 aliphatic carbocycles. The molecule has 1 N–H and O–H groups in total. The van der Waals surface area contributed by atoms with Gasteiger partial charge in [0.2, 0.25) is 0 Å². The van der Waals surface area contributed by atoms with Crippen LogP contribution in [0.25, 0.3) is 32.8 Å². The standard InChI is InChI=1S/C28H29FN4O3/c1-15(2)33-26-20(24-27(34)19-5-4-16(12-30)10-21(19)31-28(24)33)11-22(35-3)23(25(26)29)17-6-8-32(9-7-17)18-13-36-14-18/h4-5,10-11,15,17-18H,6-9,13-14H2,1-3H3,(H,31,34). The van der Waals surface area contributed by atoms with Crippen molar-refractivity contribution >= 4 is 32.8 Å². The Morgan fingerprint density at radius 1 is 1.19 bits per heavy atom. The minimum Gasteiger partial charge on any atom is -0.496 e. The van der Waals surface area contributed by atoms with Gasteiger partial charge in [0.05, 0.1) is 54.4 Å². The van der Waals surface area contributed by atoms with Crippen molar-refractivity contribution in [1.82, 2.24) is 14.5 Å². The number of ether oxygens (including phenoxy) is 2. The summed E-state index contributed by atoms with van der Waals surface area (Å²) in [5.74, 6) is 0.218. The molecule has 2 aromatic carbocycles. The Kier molecular flexibility index (Phi) is 5.51. The number of piperidine rings is 1. The smallest absolute Gasteiger partial charge is 0.199 e. The average molecular weight is 489 g/mol. The maximum atomic E-state index is 16.6. The maximum Gasteiger partial charge on any atom is 0.199 e. The lowest BCUT2D eigenvalue weighted by Gasteiger charge is -2.41. The Hall–Kier alpha value is -3.41. The average Bonchev–Trinajstić information content (AvgIpc) is 3.18. The monoisotopic (exact) mass is 488 g/mol. The lowest BCUT2D eigenvalue weighted by molar-refractivity contribution is -0.0713. The van der Waals surface area contributed by atoms with Crippen LogP contribution in [-0.4, -0.2) is 53.9 Å². The van der Waals surface area contributed by atoms with Gasteiger partial charge in [-0.3, -0.25) is 9.69 Å². The Morgan fingerprint density at radius 3 is 2.56 bits per heavy atom. The fourth-order valence-electron chi connectivity index (χ4n) is 6.00. The molecule has 2 aliphatic heterocycles. The molecule has 8 heteroatoms. The van der Waals surface area contributed by atoms with Crippen LogP contribution in [0.1, 0.15) is 49.8 Å². The topological polar surface area (TPSA) is 83.3 Å². The summed E-state index contributed by atoms with van der Waals surface area (Å²) in [5, 5.41) is 10.8. The van der Waals surface area contributed by atoms with E-state index in [1.54, 1.807) is 25.3 Å². The molecule has 0 atom stereocenters. The molecule has 0 bridgehead atoms.